The highest BCUT2D eigenvalue weighted by atomic mass is 32.2. The fourth-order valence-corrected chi connectivity index (χ4v) is 5.12. The van der Waals surface area contributed by atoms with Crippen LogP contribution in [0.3, 0.4) is 0 Å². The van der Waals surface area contributed by atoms with Gasteiger partial charge in [0.05, 0.1) is 43.5 Å². The number of imidazole rings is 1. The van der Waals surface area contributed by atoms with Gasteiger partial charge < -0.3 is 18.9 Å². The molecule has 1 amide bonds. The first-order chi connectivity index (χ1) is 16.8. The summed E-state index contributed by atoms with van der Waals surface area (Å²) in [5.74, 6) is -0.907. The Kier molecular flexibility index (Phi) is 8.78. The van der Waals surface area contributed by atoms with Crippen LogP contribution < -0.4 is 4.74 Å². The Morgan fingerprint density at radius 1 is 1.20 bits per heavy atom. The minimum atomic E-state index is -3.85. The lowest BCUT2D eigenvalue weighted by Crippen LogP contribution is -2.32. The second-order valence-corrected chi connectivity index (χ2v) is 9.62. The first-order valence-corrected chi connectivity index (χ1v) is 12.5. The van der Waals surface area contributed by atoms with Gasteiger partial charge in [-0.05, 0) is 29.8 Å². The molecule has 0 aliphatic rings. The molecule has 0 aliphatic carbocycles. The van der Waals surface area contributed by atoms with E-state index in [9.17, 15) is 17.6 Å². The van der Waals surface area contributed by atoms with Crippen molar-refractivity contribution in [1.82, 2.24) is 14.5 Å². The van der Waals surface area contributed by atoms with Crippen molar-refractivity contribution in [3.05, 3.63) is 90.0 Å². The molecule has 0 radical (unpaired) electrons. The minimum absolute atomic E-state index is 0.00455. The van der Waals surface area contributed by atoms with Gasteiger partial charge in [-0.15, -0.1) is 6.58 Å². The smallest absolute Gasteiger partial charge is 0.257 e. The third-order valence-corrected chi connectivity index (χ3v) is 6.88. The van der Waals surface area contributed by atoms with Gasteiger partial charge >= 0.3 is 0 Å². The molecule has 0 spiro atoms. The van der Waals surface area contributed by atoms with Gasteiger partial charge in [0.1, 0.15) is 11.6 Å². The van der Waals surface area contributed by atoms with E-state index in [1.54, 1.807) is 30.3 Å². The Balaban J connectivity index is 1.95. The van der Waals surface area contributed by atoms with Crippen LogP contribution in [0.1, 0.15) is 21.6 Å². The van der Waals surface area contributed by atoms with Gasteiger partial charge in [0.2, 0.25) is 15.0 Å². The summed E-state index contributed by atoms with van der Waals surface area (Å²) in [7, 11) is -0.833. The number of ether oxygens (including phenoxy) is 2. The number of amides is 1. The van der Waals surface area contributed by atoms with Crippen LogP contribution >= 0.6 is 0 Å². The molecule has 0 fully saturated rings. The Morgan fingerprint density at radius 3 is 2.66 bits per heavy atom. The summed E-state index contributed by atoms with van der Waals surface area (Å²) in [6, 6.07) is 12.5. The number of aromatic nitrogens is 2. The van der Waals surface area contributed by atoms with Crippen molar-refractivity contribution < 1.29 is 27.1 Å². The predicted octanol–water partition coefficient (Wildman–Crippen LogP) is 3.48. The molecule has 186 valence electrons. The molecular formula is C25H28FN3O5S. The SMILES string of the molecule is C=CCN(Cc1cnc(S(=O)(=O)Cc2cccc(OC)c2)n1CCOC)C(=O)c1ccccc1F. The van der Waals surface area contributed by atoms with E-state index >= 15 is 0 Å². The van der Waals surface area contributed by atoms with Crippen molar-refractivity contribution in [1.29, 1.82) is 0 Å². The van der Waals surface area contributed by atoms with Crippen LogP contribution in [0.25, 0.3) is 0 Å². The van der Waals surface area contributed by atoms with Crippen molar-refractivity contribution in [3.8, 4) is 5.75 Å². The van der Waals surface area contributed by atoms with Gasteiger partial charge in [0, 0.05) is 20.2 Å². The number of carbonyl (C=O) groups excluding carboxylic acids is 1. The fourth-order valence-electron chi connectivity index (χ4n) is 3.61. The van der Waals surface area contributed by atoms with Gasteiger partial charge in [-0.25, -0.2) is 17.8 Å². The van der Waals surface area contributed by atoms with Crippen LogP contribution in [0.4, 0.5) is 4.39 Å². The quantitative estimate of drug-likeness (QED) is 0.353. The fraction of sp³-hybridized carbons (Fsp3) is 0.280. The number of sulfone groups is 1. The number of carbonyl (C=O) groups is 1. The van der Waals surface area contributed by atoms with Crippen molar-refractivity contribution >= 4 is 15.7 Å². The van der Waals surface area contributed by atoms with Crippen LogP contribution in [0.5, 0.6) is 5.75 Å². The number of benzene rings is 2. The van der Waals surface area contributed by atoms with Crippen LogP contribution in [0, 0.1) is 5.82 Å². The molecule has 0 atom stereocenters. The summed E-state index contributed by atoms with van der Waals surface area (Å²) < 4.78 is 52.7. The Hall–Kier alpha value is -3.50. The second-order valence-electron chi connectivity index (χ2n) is 7.74. The van der Waals surface area contributed by atoms with Gasteiger partial charge in [-0.2, -0.15) is 0 Å². The van der Waals surface area contributed by atoms with Gasteiger partial charge in [0.15, 0.2) is 0 Å². The molecule has 0 aliphatic heterocycles. The third-order valence-electron chi connectivity index (χ3n) is 5.28. The molecule has 0 unspecified atom stereocenters. The van der Waals surface area contributed by atoms with E-state index in [0.717, 1.165) is 0 Å². The molecule has 0 bridgehead atoms. The third kappa shape index (κ3) is 6.34. The monoisotopic (exact) mass is 501 g/mol. The summed E-state index contributed by atoms with van der Waals surface area (Å²) in [5, 5.41) is -0.135. The Labute approximate surface area is 204 Å². The molecule has 0 saturated heterocycles. The molecule has 10 heteroatoms. The largest absolute Gasteiger partial charge is 0.497 e. The number of methoxy groups -OCH3 is 2. The van der Waals surface area contributed by atoms with E-state index in [0.29, 0.717) is 17.0 Å². The first kappa shape index (κ1) is 26.1. The second kappa shape index (κ2) is 11.8. The molecular weight excluding hydrogens is 473 g/mol. The summed E-state index contributed by atoms with van der Waals surface area (Å²) in [6.45, 7) is 4.25. The van der Waals surface area contributed by atoms with Crippen LogP contribution in [-0.2, 0) is 33.4 Å². The maximum absolute atomic E-state index is 14.3. The molecule has 8 nitrogen and oxygen atoms in total. The number of nitrogens with zero attached hydrogens (tertiary/aromatic N) is 3. The molecule has 0 saturated carbocycles. The van der Waals surface area contributed by atoms with Crippen molar-refractivity contribution in [2.45, 2.75) is 24.0 Å². The minimum Gasteiger partial charge on any atom is -0.497 e. The maximum atomic E-state index is 14.3. The number of halogens is 1. The van der Waals surface area contributed by atoms with Crippen LogP contribution in [-0.4, -0.2) is 56.1 Å². The standard InChI is InChI=1S/C25H28FN3O5S/c1-4-12-28(24(30)22-10-5-6-11-23(22)26)17-20-16-27-25(29(20)13-14-33-2)35(31,32)18-19-8-7-9-21(15-19)34-3/h4-11,15-16H,1,12-14,17-18H2,2-3H3. The van der Waals surface area contributed by atoms with Crippen molar-refractivity contribution in [2.24, 2.45) is 0 Å². The highest BCUT2D eigenvalue weighted by Gasteiger charge is 2.26. The summed E-state index contributed by atoms with van der Waals surface area (Å²) in [4.78, 5) is 18.6. The highest BCUT2D eigenvalue weighted by molar-refractivity contribution is 7.90. The predicted molar refractivity (Wildman–Crippen MR) is 129 cm³/mol. The number of hydrogen-bond acceptors (Lipinski definition) is 6. The summed E-state index contributed by atoms with van der Waals surface area (Å²) >= 11 is 0. The zero-order valence-electron chi connectivity index (χ0n) is 19.7. The normalized spacial score (nSPS) is 11.3. The van der Waals surface area contributed by atoms with Gasteiger partial charge in [0.25, 0.3) is 5.91 Å². The molecule has 1 heterocycles. The van der Waals surface area contributed by atoms with E-state index < -0.39 is 21.6 Å². The van der Waals surface area contributed by atoms with Gasteiger partial charge in [-0.3, -0.25) is 4.79 Å². The maximum Gasteiger partial charge on any atom is 0.257 e. The molecule has 2 aromatic carbocycles. The van der Waals surface area contributed by atoms with E-state index in [4.69, 9.17) is 9.47 Å². The molecule has 3 aromatic rings. The molecule has 3 rings (SSSR count). The van der Waals surface area contributed by atoms with Crippen LogP contribution in [0.2, 0.25) is 0 Å². The lowest BCUT2D eigenvalue weighted by molar-refractivity contribution is 0.0753. The average Bonchev–Trinajstić information content (AvgIpc) is 3.25. The summed E-state index contributed by atoms with van der Waals surface area (Å²) in [5.41, 5.74) is 0.941. The van der Waals surface area contributed by atoms with E-state index in [2.05, 4.69) is 11.6 Å². The van der Waals surface area contributed by atoms with Crippen molar-refractivity contribution in [3.63, 3.8) is 0 Å². The van der Waals surface area contributed by atoms with E-state index in [-0.39, 0.29) is 42.7 Å². The lowest BCUT2D eigenvalue weighted by Gasteiger charge is -2.22. The van der Waals surface area contributed by atoms with Crippen LogP contribution in [0.15, 0.2) is 72.5 Å². The average molecular weight is 502 g/mol. The first-order valence-electron chi connectivity index (χ1n) is 10.8. The van der Waals surface area contributed by atoms with Crippen molar-refractivity contribution in [2.75, 3.05) is 27.4 Å². The number of hydrogen-bond donors (Lipinski definition) is 0. The highest BCUT2D eigenvalue weighted by Crippen LogP contribution is 2.22. The molecule has 0 N–H and O–H groups in total. The Bertz CT molecular complexity index is 1290. The van der Waals surface area contributed by atoms with E-state index in [1.807, 2.05) is 0 Å². The Morgan fingerprint density at radius 2 is 1.97 bits per heavy atom. The summed E-state index contributed by atoms with van der Waals surface area (Å²) in [6.07, 6.45) is 2.94. The van der Waals surface area contributed by atoms with Gasteiger partial charge in [-0.1, -0.05) is 30.3 Å². The lowest BCUT2D eigenvalue weighted by atomic mass is 10.2. The van der Waals surface area contributed by atoms with E-state index in [1.165, 1.54) is 54.2 Å². The zero-order valence-corrected chi connectivity index (χ0v) is 20.5. The molecule has 1 aromatic heterocycles. The number of rotatable bonds is 12. The molecule has 35 heavy (non-hydrogen) atoms. The zero-order chi connectivity index (χ0) is 25.4. The topological polar surface area (TPSA) is 90.7 Å².